The van der Waals surface area contributed by atoms with E-state index in [1.807, 2.05) is 97.1 Å². The van der Waals surface area contributed by atoms with Gasteiger partial charge >= 0.3 is 8.46 Å². The van der Waals surface area contributed by atoms with Gasteiger partial charge in [-0.25, -0.2) is 0 Å². The third-order valence-corrected chi connectivity index (χ3v) is 8.47. The quantitative estimate of drug-likeness (QED) is 0.225. The number of benzene rings is 4. The lowest BCUT2D eigenvalue weighted by Gasteiger charge is -2.43. The molecule has 0 aromatic heterocycles. The van der Waals surface area contributed by atoms with Crippen LogP contribution in [0.5, 0.6) is 5.75 Å². The lowest BCUT2D eigenvalue weighted by Crippen LogP contribution is -2.52. The Bertz CT molecular complexity index is 1240. The van der Waals surface area contributed by atoms with Crippen LogP contribution in [0.15, 0.2) is 115 Å². The molecule has 1 aliphatic rings. The van der Waals surface area contributed by atoms with Gasteiger partial charge in [-0.3, -0.25) is 0 Å². The van der Waals surface area contributed by atoms with E-state index >= 15 is 0 Å². The zero-order valence-electron chi connectivity index (χ0n) is 21.0. The predicted octanol–water partition coefficient (Wildman–Crippen LogP) is 7.12. The third-order valence-electron chi connectivity index (χ3n) is 7.29. The summed E-state index contributed by atoms with van der Waals surface area (Å²) in [6.45, 7) is 0.961. The highest BCUT2D eigenvalue weighted by atomic mass is 31.1. The number of hydrogen-bond acceptors (Lipinski definition) is 4. The van der Waals surface area contributed by atoms with Crippen molar-refractivity contribution in [2.45, 2.75) is 36.3 Å². The number of methoxy groups -OCH3 is 1. The van der Waals surface area contributed by atoms with Crippen LogP contribution in [0.3, 0.4) is 0 Å². The van der Waals surface area contributed by atoms with Gasteiger partial charge in [0.25, 0.3) is 0 Å². The van der Waals surface area contributed by atoms with Crippen molar-refractivity contribution in [1.82, 2.24) is 0 Å². The van der Waals surface area contributed by atoms with Crippen LogP contribution in [-0.2, 0) is 25.8 Å². The molecule has 0 amide bonds. The van der Waals surface area contributed by atoms with Crippen molar-refractivity contribution in [2.75, 3.05) is 13.7 Å². The van der Waals surface area contributed by atoms with Crippen LogP contribution in [0, 0.1) is 0 Å². The topological polar surface area (TPSA) is 44.8 Å². The van der Waals surface area contributed by atoms with Crippen LogP contribution < -0.4 is 4.74 Å². The molecule has 1 aliphatic heterocycles. The highest BCUT2D eigenvalue weighted by molar-refractivity contribution is 7.26. The molecule has 0 spiro atoms. The first-order chi connectivity index (χ1) is 18.3. The molecule has 0 aliphatic carbocycles. The number of rotatable bonds is 9. The van der Waals surface area contributed by atoms with E-state index in [-0.39, 0.29) is 12.0 Å². The van der Waals surface area contributed by atoms with E-state index in [1.54, 1.807) is 7.11 Å². The van der Waals surface area contributed by atoms with Crippen molar-refractivity contribution in [2.24, 2.45) is 0 Å². The molecule has 5 rings (SSSR count). The summed E-state index contributed by atoms with van der Waals surface area (Å²) in [4.78, 5) is 0. The van der Waals surface area contributed by atoms with Gasteiger partial charge in [0.15, 0.2) is 0 Å². The molecule has 1 heterocycles. The predicted molar refractivity (Wildman–Crippen MR) is 148 cm³/mol. The fourth-order valence-corrected chi connectivity index (χ4v) is 6.44. The summed E-state index contributed by atoms with van der Waals surface area (Å²) in [5.74, 6) is 0.831. The zero-order chi connectivity index (χ0) is 25.5. The van der Waals surface area contributed by atoms with Gasteiger partial charge in [0.05, 0.1) is 19.8 Å². The van der Waals surface area contributed by atoms with E-state index in [4.69, 9.17) is 14.2 Å². The van der Waals surface area contributed by atoms with Crippen LogP contribution in [0.2, 0.25) is 0 Å². The van der Waals surface area contributed by atoms with Crippen LogP contribution in [0.4, 0.5) is 0 Å². The van der Waals surface area contributed by atoms with Gasteiger partial charge in [-0.05, 0) is 23.6 Å². The molecule has 4 aromatic rings. The number of hydrogen-bond donors (Lipinski definition) is 0. The monoisotopic (exact) mass is 511 g/mol. The van der Waals surface area contributed by atoms with Gasteiger partial charge in [-0.1, -0.05) is 114 Å². The molecule has 4 unspecified atom stereocenters. The van der Waals surface area contributed by atoms with E-state index in [0.717, 1.165) is 34.4 Å². The Balaban J connectivity index is 1.65. The molecule has 1 saturated heterocycles. The van der Waals surface area contributed by atoms with Crippen LogP contribution >= 0.6 is 8.46 Å². The van der Waals surface area contributed by atoms with Crippen molar-refractivity contribution in [3.8, 4) is 5.75 Å². The van der Waals surface area contributed by atoms with Gasteiger partial charge in [-0.15, -0.1) is 0 Å². The highest BCUT2D eigenvalue weighted by Crippen LogP contribution is 2.52. The maximum Gasteiger partial charge on any atom is 0.343 e. The Hall–Kier alpha value is -3.30. The Morgan fingerprint density at radius 1 is 0.811 bits per heavy atom. The Morgan fingerprint density at radius 3 is 1.97 bits per heavy atom. The Morgan fingerprint density at radius 2 is 1.38 bits per heavy atom. The van der Waals surface area contributed by atoms with E-state index < -0.39 is 19.7 Å². The second kappa shape index (κ2) is 11.8. The molecule has 37 heavy (non-hydrogen) atoms. The molecule has 0 bridgehead atoms. The average molecular weight is 512 g/mol. The van der Waals surface area contributed by atoms with Crippen molar-refractivity contribution in [3.63, 3.8) is 0 Å². The minimum absolute atomic E-state index is 0.00163. The van der Waals surface area contributed by atoms with E-state index in [1.165, 1.54) is 0 Å². The van der Waals surface area contributed by atoms with Gasteiger partial charge in [0.2, 0.25) is 5.16 Å². The van der Waals surface area contributed by atoms with Gasteiger partial charge in [0.1, 0.15) is 11.9 Å². The van der Waals surface area contributed by atoms with E-state index in [0.29, 0.717) is 13.2 Å². The smallest absolute Gasteiger partial charge is 0.343 e. The average Bonchev–Trinajstić information content (AvgIpc) is 2.98. The molecule has 4 aromatic carbocycles. The Labute approximate surface area is 220 Å². The molecular weight excluding hydrogens is 479 g/mol. The number of ether oxygens (including phenoxy) is 3. The van der Waals surface area contributed by atoms with Crippen molar-refractivity contribution in [3.05, 3.63) is 138 Å². The SMILES string of the molecule is COc1ccccc1C1CCOC(C([PH+]=O)(c2ccccc2)c2ccccc2)C1OCc1ccccc1. The molecule has 0 radical (unpaired) electrons. The second-order valence-electron chi connectivity index (χ2n) is 9.33. The first kappa shape index (κ1) is 25.4. The maximum absolute atomic E-state index is 13.5. The lowest BCUT2D eigenvalue weighted by molar-refractivity contribution is -0.133. The minimum atomic E-state index is -0.898. The highest BCUT2D eigenvalue weighted by Gasteiger charge is 2.58. The first-order valence-corrected chi connectivity index (χ1v) is 13.6. The molecular formula is C32H32O4P+. The maximum atomic E-state index is 13.5. The minimum Gasteiger partial charge on any atom is -0.496 e. The van der Waals surface area contributed by atoms with Gasteiger partial charge < -0.3 is 14.2 Å². The summed E-state index contributed by atoms with van der Waals surface area (Å²) in [7, 11) is 1.02. The molecule has 4 nitrogen and oxygen atoms in total. The molecule has 188 valence electrons. The summed E-state index contributed by atoms with van der Waals surface area (Å²) in [5.41, 5.74) is 4.07. The summed E-state index contributed by atoms with van der Waals surface area (Å²) < 4.78 is 32.7. The summed E-state index contributed by atoms with van der Waals surface area (Å²) in [5, 5.41) is -0.898. The standard InChI is InChI=1S/C32H31O4P/c1-34-29-20-12-11-19-27(29)28-21-22-35-31(30(28)36-23-24-13-5-2-6-14-24)32(37-33,25-15-7-3-8-16-25)26-17-9-4-10-18-26/h2-20,28,30-31H,21-23H2,1H3/p+1. The van der Waals surface area contributed by atoms with Gasteiger partial charge in [-0.2, -0.15) is 0 Å². The van der Waals surface area contributed by atoms with Crippen molar-refractivity contribution >= 4 is 8.46 Å². The summed E-state index contributed by atoms with van der Waals surface area (Å²) in [6, 6.07) is 38.4. The fourth-order valence-electron chi connectivity index (χ4n) is 5.51. The van der Waals surface area contributed by atoms with Crippen molar-refractivity contribution < 1.29 is 18.8 Å². The third kappa shape index (κ3) is 5.10. The first-order valence-electron chi connectivity index (χ1n) is 12.7. The summed E-state index contributed by atoms with van der Waals surface area (Å²) in [6.07, 6.45) is -0.0783. The second-order valence-corrected chi connectivity index (χ2v) is 10.3. The molecule has 5 heteroatoms. The van der Waals surface area contributed by atoms with E-state index in [9.17, 15) is 4.57 Å². The van der Waals surface area contributed by atoms with Crippen LogP contribution in [0.25, 0.3) is 0 Å². The summed E-state index contributed by atoms with van der Waals surface area (Å²) >= 11 is 0. The Kier molecular flexibility index (Phi) is 8.11. The fraction of sp³-hybridized carbons (Fsp3) is 0.250. The number of para-hydroxylation sites is 1. The van der Waals surface area contributed by atoms with Gasteiger partial charge in [0, 0.05) is 23.7 Å². The van der Waals surface area contributed by atoms with Crippen LogP contribution in [0.1, 0.15) is 34.6 Å². The van der Waals surface area contributed by atoms with Crippen LogP contribution in [-0.4, -0.2) is 25.9 Å². The molecule has 1 fully saturated rings. The largest absolute Gasteiger partial charge is 0.496 e. The lowest BCUT2D eigenvalue weighted by atomic mass is 9.76. The molecule has 0 saturated carbocycles. The molecule has 4 atom stereocenters. The molecule has 0 N–H and O–H groups in total. The normalized spacial score (nSPS) is 20.0. The van der Waals surface area contributed by atoms with E-state index in [2.05, 4.69) is 18.2 Å². The zero-order valence-corrected chi connectivity index (χ0v) is 22.0. The van der Waals surface area contributed by atoms with Crippen molar-refractivity contribution in [1.29, 1.82) is 0 Å².